The van der Waals surface area contributed by atoms with Crippen molar-refractivity contribution >= 4 is 53.5 Å². The minimum absolute atomic E-state index is 0.577. The van der Waals surface area contributed by atoms with Gasteiger partial charge in [0.25, 0.3) is 0 Å². The van der Waals surface area contributed by atoms with E-state index in [0.29, 0.717) is 6.61 Å². The van der Waals surface area contributed by atoms with Crippen molar-refractivity contribution in [2.75, 3.05) is 12.4 Å². The molecule has 20 heavy (non-hydrogen) atoms. The number of benzene rings is 2. The molecule has 0 saturated heterocycles. The number of anilines is 1. The number of ether oxygens (including phenoxy) is 1. The van der Waals surface area contributed by atoms with Gasteiger partial charge in [0.1, 0.15) is 0 Å². The monoisotopic (exact) mass is 461 g/mol. The number of rotatable bonds is 5. The van der Waals surface area contributed by atoms with Gasteiger partial charge >= 0.3 is 0 Å². The van der Waals surface area contributed by atoms with E-state index < -0.39 is 0 Å². The van der Waals surface area contributed by atoms with Gasteiger partial charge in [-0.1, -0.05) is 28.1 Å². The van der Waals surface area contributed by atoms with Gasteiger partial charge in [-0.05, 0) is 61.7 Å². The van der Waals surface area contributed by atoms with Crippen LogP contribution in [0, 0.1) is 0 Å². The molecular formula is C15H14Br3NO. The lowest BCUT2D eigenvalue weighted by Crippen LogP contribution is -2.03. The van der Waals surface area contributed by atoms with Crippen molar-refractivity contribution in [2.45, 2.75) is 13.2 Å². The number of methoxy groups -OCH3 is 1. The highest BCUT2D eigenvalue weighted by Gasteiger charge is 2.06. The van der Waals surface area contributed by atoms with Crippen LogP contribution in [0.4, 0.5) is 5.69 Å². The third-order valence-electron chi connectivity index (χ3n) is 2.87. The quantitative estimate of drug-likeness (QED) is 0.611. The van der Waals surface area contributed by atoms with E-state index in [-0.39, 0.29) is 0 Å². The first kappa shape index (κ1) is 16.0. The van der Waals surface area contributed by atoms with E-state index in [9.17, 15) is 0 Å². The Balaban J connectivity index is 2.14. The van der Waals surface area contributed by atoms with Crippen LogP contribution in [-0.2, 0) is 17.9 Å². The Hall–Kier alpha value is -0.360. The van der Waals surface area contributed by atoms with Crippen LogP contribution in [0.25, 0.3) is 0 Å². The second-order valence-corrected chi connectivity index (χ2v) is 6.86. The standard InChI is InChI=1S/C15H14Br3NO/c1-20-9-11-12(16)3-2-4-15(11)19-8-10-5-6-13(17)14(18)7-10/h2-7,19H,8-9H2,1H3. The highest BCUT2D eigenvalue weighted by molar-refractivity contribution is 9.13. The van der Waals surface area contributed by atoms with Gasteiger partial charge in [-0.15, -0.1) is 0 Å². The first-order valence-electron chi connectivity index (χ1n) is 6.06. The molecule has 0 aromatic heterocycles. The maximum Gasteiger partial charge on any atom is 0.0744 e. The maximum atomic E-state index is 5.25. The zero-order valence-corrected chi connectivity index (χ0v) is 15.7. The largest absolute Gasteiger partial charge is 0.381 e. The molecule has 0 heterocycles. The summed E-state index contributed by atoms with van der Waals surface area (Å²) in [6.45, 7) is 1.34. The van der Waals surface area contributed by atoms with Crippen LogP contribution >= 0.6 is 47.8 Å². The first-order valence-corrected chi connectivity index (χ1v) is 8.44. The van der Waals surface area contributed by atoms with E-state index in [1.165, 1.54) is 5.56 Å². The molecule has 0 aliphatic rings. The Bertz CT molecular complexity index is 602. The second-order valence-electron chi connectivity index (χ2n) is 4.30. The molecule has 0 aliphatic carbocycles. The number of nitrogens with one attached hydrogen (secondary N) is 1. The molecule has 5 heteroatoms. The summed E-state index contributed by atoms with van der Waals surface area (Å²) in [5.41, 5.74) is 3.43. The van der Waals surface area contributed by atoms with Crippen molar-refractivity contribution < 1.29 is 4.74 Å². The maximum absolute atomic E-state index is 5.25. The van der Waals surface area contributed by atoms with Gasteiger partial charge in [0.2, 0.25) is 0 Å². The molecule has 0 unspecified atom stereocenters. The lowest BCUT2D eigenvalue weighted by Gasteiger charge is -2.13. The van der Waals surface area contributed by atoms with Crippen molar-refractivity contribution in [3.8, 4) is 0 Å². The summed E-state index contributed by atoms with van der Waals surface area (Å²) in [4.78, 5) is 0. The Morgan fingerprint density at radius 2 is 1.80 bits per heavy atom. The summed E-state index contributed by atoms with van der Waals surface area (Å²) in [5, 5.41) is 3.46. The molecule has 2 nitrogen and oxygen atoms in total. The van der Waals surface area contributed by atoms with Gasteiger partial charge in [0, 0.05) is 38.3 Å². The SMILES string of the molecule is COCc1c(Br)cccc1NCc1ccc(Br)c(Br)c1. The molecule has 2 rings (SSSR count). The molecule has 2 aromatic rings. The molecule has 106 valence electrons. The minimum Gasteiger partial charge on any atom is -0.381 e. The van der Waals surface area contributed by atoms with E-state index in [0.717, 1.165) is 31.2 Å². The summed E-state index contributed by atoms with van der Waals surface area (Å²) >= 11 is 10.6. The third-order valence-corrected chi connectivity index (χ3v) is 5.50. The molecule has 0 spiro atoms. The van der Waals surface area contributed by atoms with Crippen molar-refractivity contribution in [3.63, 3.8) is 0 Å². The molecule has 0 atom stereocenters. The fraction of sp³-hybridized carbons (Fsp3) is 0.200. The topological polar surface area (TPSA) is 21.3 Å². The lowest BCUT2D eigenvalue weighted by atomic mass is 10.1. The molecule has 0 bridgehead atoms. The second kappa shape index (κ2) is 7.59. The van der Waals surface area contributed by atoms with Gasteiger partial charge in [0.05, 0.1) is 6.61 Å². The van der Waals surface area contributed by atoms with Gasteiger partial charge in [-0.25, -0.2) is 0 Å². The number of hydrogen-bond acceptors (Lipinski definition) is 2. The Kier molecular flexibility index (Phi) is 6.08. The summed E-state index contributed by atoms with van der Waals surface area (Å²) in [6, 6.07) is 12.3. The average molecular weight is 464 g/mol. The smallest absolute Gasteiger partial charge is 0.0744 e. The van der Waals surface area contributed by atoms with Crippen LogP contribution in [-0.4, -0.2) is 7.11 Å². The predicted molar refractivity (Wildman–Crippen MR) is 94.0 cm³/mol. The molecule has 0 amide bonds. The van der Waals surface area contributed by atoms with Crippen molar-refractivity contribution in [1.82, 2.24) is 0 Å². The molecule has 0 saturated carbocycles. The van der Waals surface area contributed by atoms with E-state index in [2.05, 4.69) is 71.3 Å². The van der Waals surface area contributed by atoms with E-state index in [4.69, 9.17) is 4.74 Å². The lowest BCUT2D eigenvalue weighted by molar-refractivity contribution is 0.185. The number of halogens is 3. The molecule has 1 N–H and O–H groups in total. The first-order chi connectivity index (χ1) is 9.61. The third kappa shape index (κ3) is 4.07. The van der Waals surface area contributed by atoms with E-state index in [1.54, 1.807) is 7.11 Å². The van der Waals surface area contributed by atoms with E-state index >= 15 is 0 Å². The summed E-state index contributed by atoms with van der Waals surface area (Å²) < 4.78 is 8.43. The minimum atomic E-state index is 0.577. The normalized spacial score (nSPS) is 10.6. The highest BCUT2D eigenvalue weighted by Crippen LogP contribution is 2.27. The average Bonchev–Trinajstić information content (AvgIpc) is 2.43. The van der Waals surface area contributed by atoms with Crippen LogP contribution in [0.15, 0.2) is 49.8 Å². The molecule has 0 fully saturated rings. The van der Waals surface area contributed by atoms with Crippen LogP contribution in [0.2, 0.25) is 0 Å². The van der Waals surface area contributed by atoms with Crippen LogP contribution in [0.1, 0.15) is 11.1 Å². The Morgan fingerprint density at radius 3 is 2.50 bits per heavy atom. The van der Waals surface area contributed by atoms with Gasteiger partial charge < -0.3 is 10.1 Å². The van der Waals surface area contributed by atoms with Crippen LogP contribution in [0.3, 0.4) is 0 Å². The fourth-order valence-electron chi connectivity index (χ4n) is 1.86. The van der Waals surface area contributed by atoms with Crippen molar-refractivity contribution in [1.29, 1.82) is 0 Å². The van der Waals surface area contributed by atoms with E-state index in [1.807, 2.05) is 18.2 Å². The highest BCUT2D eigenvalue weighted by atomic mass is 79.9. The summed E-state index contributed by atoms with van der Waals surface area (Å²) in [6.07, 6.45) is 0. The van der Waals surface area contributed by atoms with Crippen LogP contribution < -0.4 is 5.32 Å². The van der Waals surface area contributed by atoms with Gasteiger partial charge in [-0.3, -0.25) is 0 Å². The Morgan fingerprint density at radius 1 is 1.00 bits per heavy atom. The Labute approximate surface area is 144 Å². The fourth-order valence-corrected chi connectivity index (χ4v) is 3.02. The summed E-state index contributed by atoms with van der Waals surface area (Å²) in [7, 11) is 1.70. The zero-order chi connectivity index (χ0) is 14.5. The van der Waals surface area contributed by atoms with Crippen LogP contribution in [0.5, 0.6) is 0 Å². The molecular weight excluding hydrogens is 450 g/mol. The molecule has 2 aromatic carbocycles. The van der Waals surface area contributed by atoms with Gasteiger partial charge in [-0.2, -0.15) is 0 Å². The predicted octanol–water partition coefficient (Wildman–Crippen LogP) is 5.73. The zero-order valence-electron chi connectivity index (χ0n) is 10.9. The summed E-state index contributed by atoms with van der Waals surface area (Å²) in [5.74, 6) is 0. The van der Waals surface area contributed by atoms with Crippen molar-refractivity contribution in [2.24, 2.45) is 0 Å². The molecule has 0 aliphatic heterocycles. The molecule has 0 radical (unpaired) electrons. The van der Waals surface area contributed by atoms with Crippen molar-refractivity contribution in [3.05, 3.63) is 60.9 Å². The number of hydrogen-bond donors (Lipinski definition) is 1. The van der Waals surface area contributed by atoms with Gasteiger partial charge in [0.15, 0.2) is 0 Å².